The number of pyridine rings is 2. The quantitative estimate of drug-likeness (QED) is 0.197. The Morgan fingerprint density at radius 3 is 2.26 bits per heavy atom. The summed E-state index contributed by atoms with van der Waals surface area (Å²) in [6.45, 7) is 11.2. The van der Waals surface area contributed by atoms with Crippen LogP contribution in [-0.4, -0.2) is 15.1 Å². The molecule has 4 heterocycles. The summed E-state index contributed by atoms with van der Waals surface area (Å²) in [5.74, 6) is 0. The van der Waals surface area contributed by atoms with Gasteiger partial charge in [0.15, 0.2) is 0 Å². The first-order chi connectivity index (χ1) is 18.2. The molecule has 202 valence electrons. The van der Waals surface area contributed by atoms with Crippen molar-refractivity contribution in [3.05, 3.63) is 102 Å². The summed E-state index contributed by atoms with van der Waals surface area (Å²) in [7, 11) is 0. The van der Waals surface area contributed by atoms with E-state index in [4.69, 9.17) is 9.97 Å². The molecule has 1 aliphatic rings. The van der Waals surface area contributed by atoms with Crippen molar-refractivity contribution in [1.29, 1.82) is 0 Å². The molecule has 0 fully saturated rings. The van der Waals surface area contributed by atoms with Crippen molar-refractivity contribution in [2.24, 2.45) is 0 Å². The van der Waals surface area contributed by atoms with E-state index < -0.39 is 0 Å². The third-order valence-electron chi connectivity index (χ3n) is 7.30. The summed E-state index contributed by atoms with van der Waals surface area (Å²) in [6, 6.07) is 22.3. The van der Waals surface area contributed by atoms with Crippen LogP contribution >= 0.6 is 0 Å². The van der Waals surface area contributed by atoms with Gasteiger partial charge in [0.2, 0.25) is 0 Å². The minimum atomic E-state index is 0. The van der Waals surface area contributed by atoms with E-state index in [1.807, 2.05) is 73.2 Å². The van der Waals surface area contributed by atoms with Crippen LogP contribution in [0.2, 0.25) is 0 Å². The van der Waals surface area contributed by atoms with Crippen LogP contribution in [0.5, 0.6) is 0 Å². The molecule has 5 nitrogen and oxygen atoms in total. The molecule has 0 saturated carbocycles. The van der Waals surface area contributed by atoms with Crippen LogP contribution in [0.4, 0.5) is 0 Å². The van der Waals surface area contributed by atoms with Gasteiger partial charge in [0.1, 0.15) is 0 Å². The van der Waals surface area contributed by atoms with Gasteiger partial charge < -0.3 is 15.2 Å². The van der Waals surface area contributed by atoms with Gasteiger partial charge in [-0.05, 0) is 71.6 Å². The Morgan fingerprint density at radius 2 is 1.56 bits per heavy atom. The average molecular weight is 697 g/mol. The van der Waals surface area contributed by atoms with Crippen molar-refractivity contribution < 1.29 is 21.1 Å². The second kappa shape index (κ2) is 11.8. The van der Waals surface area contributed by atoms with E-state index in [2.05, 4.69) is 61.9 Å². The zero-order chi connectivity index (χ0) is 26.8. The van der Waals surface area contributed by atoms with Gasteiger partial charge in [0.05, 0.1) is 5.69 Å². The smallest absolute Gasteiger partial charge is 0.662 e. The minimum absolute atomic E-state index is 0. The van der Waals surface area contributed by atoms with E-state index in [0.717, 1.165) is 40.5 Å². The molecule has 1 aliphatic carbocycles. The largest absolute Gasteiger partial charge is 2.00 e. The van der Waals surface area contributed by atoms with Crippen molar-refractivity contribution >= 4 is 0 Å². The summed E-state index contributed by atoms with van der Waals surface area (Å²) in [4.78, 5) is 13.6. The van der Waals surface area contributed by atoms with E-state index in [-0.39, 0.29) is 31.9 Å². The standard InChI is InChI=1S/C24H22N4.C9H13N.Pt/c1-24(2)13-7-10-17-18(24)15-25-23(17)20-12-6-11-19(26-20)22-14-21(27-28-22)16-8-4-3-5-9-16;1-9(2,3)8-4-6-10-7-5-8;/h3-6,8-9,11-12,14-15H,7,10,13H2,1-2H3;4-7H,1-3H3;/q-2;;+2. The fourth-order valence-corrected chi connectivity index (χ4v) is 5.04. The first kappa shape index (κ1) is 28.7. The molecule has 39 heavy (non-hydrogen) atoms. The van der Waals surface area contributed by atoms with Crippen molar-refractivity contribution in [2.45, 2.75) is 64.7 Å². The maximum absolute atomic E-state index is 4.88. The summed E-state index contributed by atoms with van der Waals surface area (Å²) in [5.41, 5.74) is 10.0. The zero-order valence-corrected chi connectivity index (χ0v) is 25.5. The van der Waals surface area contributed by atoms with Crippen LogP contribution in [0, 0.1) is 0 Å². The summed E-state index contributed by atoms with van der Waals surface area (Å²) < 4.78 is 0. The van der Waals surface area contributed by atoms with Crippen LogP contribution < -0.4 is 10.1 Å². The maximum atomic E-state index is 4.88. The molecule has 0 radical (unpaired) electrons. The van der Waals surface area contributed by atoms with Crippen LogP contribution in [0.1, 0.15) is 64.2 Å². The Hall–Kier alpha value is -3.30. The number of hydrogen-bond donors (Lipinski definition) is 0. The van der Waals surface area contributed by atoms with Gasteiger partial charge in [-0.15, -0.1) is 5.69 Å². The maximum Gasteiger partial charge on any atom is 2.00 e. The molecule has 0 N–H and O–H groups in total. The molecule has 0 saturated heterocycles. The van der Waals surface area contributed by atoms with E-state index in [9.17, 15) is 0 Å². The molecule has 1 aromatic carbocycles. The SMILES string of the molecule is CC(C)(C)c1ccncc1.CC1(C)CCCc2c1c[n-]c2-c1cccc(-c2cc(-c3ccccc3)n[n-]2)n1.[Pt+2]. The molecule has 0 aliphatic heterocycles. The van der Waals surface area contributed by atoms with Crippen LogP contribution in [0.3, 0.4) is 0 Å². The Bertz CT molecular complexity index is 1490. The van der Waals surface area contributed by atoms with Crippen molar-refractivity contribution in [1.82, 2.24) is 25.1 Å². The molecule has 6 rings (SSSR count). The van der Waals surface area contributed by atoms with Crippen molar-refractivity contribution in [3.8, 4) is 34.0 Å². The molecule has 5 aromatic rings. The zero-order valence-electron chi connectivity index (χ0n) is 23.3. The fraction of sp³-hybridized carbons (Fsp3) is 0.303. The molecule has 0 spiro atoms. The van der Waals surface area contributed by atoms with E-state index >= 15 is 0 Å². The van der Waals surface area contributed by atoms with Crippen LogP contribution in [0.15, 0.2) is 85.3 Å². The van der Waals surface area contributed by atoms with Gasteiger partial charge >= 0.3 is 21.1 Å². The van der Waals surface area contributed by atoms with E-state index in [0.29, 0.717) is 0 Å². The summed E-state index contributed by atoms with van der Waals surface area (Å²) in [5, 5.41) is 8.70. The molecule has 6 heteroatoms. The Labute approximate surface area is 246 Å². The Morgan fingerprint density at radius 1 is 0.846 bits per heavy atom. The second-order valence-electron chi connectivity index (χ2n) is 11.6. The third-order valence-corrected chi connectivity index (χ3v) is 7.30. The monoisotopic (exact) mass is 696 g/mol. The number of fused-ring (bicyclic) bond motifs is 1. The third kappa shape index (κ3) is 6.47. The number of rotatable bonds is 3. The Balaban J connectivity index is 0.000000273. The van der Waals surface area contributed by atoms with Crippen molar-refractivity contribution in [2.75, 3.05) is 0 Å². The van der Waals surface area contributed by atoms with Gasteiger partial charge in [-0.1, -0.05) is 87.8 Å². The number of aromatic nitrogens is 5. The van der Waals surface area contributed by atoms with Crippen LogP contribution in [0.25, 0.3) is 34.0 Å². The molecule has 0 atom stereocenters. The predicted octanol–water partition coefficient (Wildman–Crippen LogP) is 7.38. The summed E-state index contributed by atoms with van der Waals surface area (Å²) in [6.07, 6.45) is 9.21. The van der Waals surface area contributed by atoms with Crippen molar-refractivity contribution in [3.63, 3.8) is 0 Å². The number of benzene rings is 1. The fourth-order valence-electron chi connectivity index (χ4n) is 5.04. The second-order valence-corrected chi connectivity index (χ2v) is 11.6. The molecular weight excluding hydrogens is 661 g/mol. The Kier molecular flexibility index (Phi) is 8.71. The van der Waals surface area contributed by atoms with E-state index in [1.165, 1.54) is 29.5 Å². The molecule has 0 amide bonds. The minimum Gasteiger partial charge on any atom is -0.662 e. The number of hydrogen-bond acceptors (Lipinski definition) is 3. The molecule has 0 unspecified atom stereocenters. The van der Waals surface area contributed by atoms with Gasteiger partial charge in [-0.3, -0.25) is 9.97 Å². The van der Waals surface area contributed by atoms with E-state index in [1.54, 1.807) is 0 Å². The van der Waals surface area contributed by atoms with Crippen LogP contribution in [-0.2, 0) is 38.3 Å². The first-order valence-electron chi connectivity index (χ1n) is 13.3. The normalized spacial score (nSPS) is 14.0. The molecule has 4 aromatic heterocycles. The van der Waals surface area contributed by atoms with Gasteiger partial charge in [0, 0.05) is 23.8 Å². The van der Waals surface area contributed by atoms with Gasteiger partial charge in [-0.2, -0.15) is 6.20 Å². The average Bonchev–Trinajstić information content (AvgIpc) is 3.59. The van der Waals surface area contributed by atoms with Gasteiger partial charge in [0.25, 0.3) is 0 Å². The molecule has 0 bridgehead atoms. The molecular formula is C33H35N5Pt. The predicted molar refractivity (Wildman–Crippen MR) is 154 cm³/mol. The first-order valence-corrected chi connectivity index (χ1v) is 13.3. The van der Waals surface area contributed by atoms with Gasteiger partial charge in [-0.25, -0.2) is 0 Å². The number of nitrogens with zero attached hydrogens (tertiary/aromatic N) is 5. The summed E-state index contributed by atoms with van der Waals surface area (Å²) >= 11 is 0. The topological polar surface area (TPSA) is 66.9 Å².